The SMILES string of the molecule is C[C@@H]1CC(=O)C[C@@H]2c3ccccc3OC(=O)[C@@H]12. The molecular formula is C14H14O3. The highest BCUT2D eigenvalue weighted by Crippen LogP contribution is 2.46. The van der Waals surface area contributed by atoms with Crippen molar-refractivity contribution in [2.24, 2.45) is 11.8 Å². The van der Waals surface area contributed by atoms with E-state index in [-0.39, 0.29) is 29.5 Å². The molecule has 0 unspecified atom stereocenters. The Labute approximate surface area is 99.8 Å². The predicted octanol–water partition coefficient (Wildman–Crippen LogP) is 2.30. The van der Waals surface area contributed by atoms with Crippen molar-refractivity contribution in [3.63, 3.8) is 0 Å². The summed E-state index contributed by atoms with van der Waals surface area (Å²) in [6, 6.07) is 7.54. The molecule has 17 heavy (non-hydrogen) atoms. The molecule has 1 saturated carbocycles. The number of rotatable bonds is 0. The topological polar surface area (TPSA) is 43.4 Å². The molecule has 1 aromatic carbocycles. The van der Waals surface area contributed by atoms with Crippen LogP contribution in [0.25, 0.3) is 0 Å². The highest BCUT2D eigenvalue weighted by Gasteiger charge is 2.45. The summed E-state index contributed by atoms with van der Waals surface area (Å²) >= 11 is 0. The van der Waals surface area contributed by atoms with Gasteiger partial charge in [0.2, 0.25) is 0 Å². The van der Waals surface area contributed by atoms with E-state index in [1.54, 1.807) is 6.07 Å². The summed E-state index contributed by atoms with van der Waals surface area (Å²) in [7, 11) is 0. The number of carbonyl (C=O) groups is 2. The molecule has 1 fully saturated rings. The second-order valence-electron chi connectivity index (χ2n) is 5.02. The van der Waals surface area contributed by atoms with Crippen LogP contribution < -0.4 is 4.74 Å². The van der Waals surface area contributed by atoms with Crippen molar-refractivity contribution in [2.75, 3.05) is 0 Å². The standard InChI is InChI=1S/C14H14O3/c1-8-6-9(15)7-11-10-4-2-3-5-12(10)17-14(16)13(8)11/h2-5,8,11,13H,6-7H2,1H3/t8-,11-,13+/m1/s1. The Bertz CT molecular complexity index is 492. The maximum atomic E-state index is 12.0. The molecule has 0 spiro atoms. The third-order valence-electron chi connectivity index (χ3n) is 3.84. The lowest BCUT2D eigenvalue weighted by Gasteiger charge is -2.38. The number of para-hydroxylation sites is 1. The molecule has 1 aromatic rings. The van der Waals surface area contributed by atoms with Crippen molar-refractivity contribution in [3.05, 3.63) is 29.8 Å². The number of esters is 1. The summed E-state index contributed by atoms with van der Waals surface area (Å²) in [5, 5.41) is 0. The Kier molecular flexibility index (Phi) is 2.28. The molecule has 2 aliphatic rings. The summed E-state index contributed by atoms with van der Waals surface area (Å²) in [4.78, 5) is 23.7. The number of hydrogen-bond donors (Lipinski definition) is 0. The van der Waals surface area contributed by atoms with E-state index in [0.29, 0.717) is 18.6 Å². The lowest BCUT2D eigenvalue weighted by atomic mass is 9.68. The van der Waals surface area contributed by atoms with Crippen LogP contribution in [-0.4, -0.2) is 11.8 Å². The van der Waals surface area contributed by atoms with Gasteiger partial charge in [0.1, 0.15) is 11.5 Å². The van der Waals surface area contributed by atoms with Gasteiger partial charge in [-0.1, -0.05) is 25.1 Å². The van der Waals surface area contributed by atoms with Crippen molar-refractivity contribution >= 4 is 11.8 Å². The van der Waals surface area contributed by atoms with E-state index in [0.717, 1.165) is 5.56 Å². The average molecular weight is 230 g/mol. The number of benzene rings is 1. The van der Waals surface area contributed by atoms with Gasteiger partial charge in [-0.25, -0.2) is 0 Å². The normalized spacial score (nSPS) is 31.5. The minimum absolute atomic E-state index is 0.0173. The molecule has 1 aliphatic carbocycles. The highest BCUT2D eigenvalue weighted by molar-refractivity contribution is 5.87. The van der Waals surface area contributed by atoms with Gasteiger partial charge < -0.3 is 4.74 Å². The molecule has 0 bridgehead atoms. The van der Waals surface area contributed by atoms with E-state index < -0.39 is 0 Å². The molecule has 0 amide bonds. The van der Waals surface area contributed by atoms with E-state index in [9.17, 15) is 9.59 Å². The van der Waals surface area contributed by atoms with Crippen LogP contribution in [0.2, 0.25) is 0 Å². The lowest BCUT2D eigenvalue weighted by Crippen LogP contribution is -2.40. The van der Waals surface area contributed by atoms with Crippen molar-refractivity contribution in [3.8, 4) is 5.75 Å². The molecular weight excluding hydrogens is 216 g/mol. The van der Waals surface area contributed by atoms with E-state index in [2.05, 4.69) is 0 Å². The fraction of sp³-hybridized carbons (Fsp3) is 0.429. The van der Waals surface area contributed by atoms with Crippen molar-refractivity contribution in [2.45, 2.75) is 25.7 Å². The van der Waals surface area contributed by atoms with Gasteiger partial charge in [0.05, 0.1) is 5.92 Å². The molecule has 1 heterocycles. The zero-order valence-electron chi connectivity index (χ0n) is 9.68. The van der Waals surface area contributed by atoms with Gasteiger partial charge in [-0.2, -0.15) is 0 Å². The zero-order valence-corrected chi connectivity index (χ0v) is 9.68. The van der Waals surface area contributed by atoms with Gasteiger partial charge in [-0.3, -0.25) is 9.59 Å². The summed E-state index contributed by atoms with van der Waals surface area (Å²) in [6.45, 7) is 1.96. The van der Waals surface area contributed by atoms with Crippen LogP contribution in [0.15, 0.2) is 24.3 Å². The summed E-state index contributed by atoms with van der Waals surface area (Å²) < 4.78 is 5.36. The number of hydrogen-bond acceptors (Lipinski definition) is 3. The maximum absolute atomic E-state index is 12.0. The van der Waals surface area contributed by atoms with Gasteiger partial charge in [-0.05, 0) is 17.5 Å². The molecule has 0 aromatic heterocycles. The third kappa shape index (κ3) is 1.57. The Morgan fingerprint density at radius 3 is 2.76 bits per heavy atom. The number of ketones is 1. The first kappa shape index (κ1) is 10.5. The van der Waals surface area contributed by atoms with Crippen molar-refractivity contribution in [1.82, 2.24) is 0 Å². The number of Topliss-reactive ketones (excluding diaryl/α,β-unsaturated/α-hetero) is 1. The van der Waals surface area contributed by atoms with Gasteiger partial charge >= 0.3 is 5.97 Å². The molecule has 3 atom stereocenters. The monoisotopic (exact) mass is 230 g/mol. The van der Waals surface area contributed by atoms with Crippen molar-refractivity contribution in [1.29, 1.82) is 0 Å². The first-order chi connectivity index (χ1) is 8.16. The Morgan fingerprint density at radius 1 is 1.18 bits per heavy atom. The van der Waals surface area contributed by atoms with Crippen LogP contribution in [0.1, 0.15) is 31.2 Å². The molecule has 0 radical (unpaired) electrons. The minimum Gasteiger partial charge on any atom is -0.426 e. The summed E-state index contributed by atoms with van der Waals surface area (Å²) in [5.74, 6) is 0.658. The largest absolute Gasteiger partial charge is 0.426 e. The lowest BCUT2D eigenvalue weighted by molar-refractivity contribution is -0.145. The highest BCUT2D eigenvalue weighted by atomic mass is 16.5. The Balaban J connectivity index is 2.08. The quantitative estimate of drug-likeness (QED) is 0.507. The van der Waals surface area contributed by atoms with Crippen LogP contribution in [0.4, 0.5) is 0 Å². The average Bonchev–Trinajstić information content (AvgIpc) is 2.28. The van der Waals surface area contributed by atoms with E-state index in [1.165, 1.54) is 0 Å². The van der Waals surface area contributed by atoms with Crippen LogP contribution in [-0.2, 0) is 9.59 Å². The van der Waals surface area contributed by atoms with Gasteiger partial charge in [0, 0.05) is 18.8 Å². The Hall–Kier alpha value is -1.64. The molecule has 0 saturated heterocycles. The second-order valence-corrected chi connectivity index (χ2v) is 5.02. The second kappa shape index (κ2) is 3.69. The zero-order chi connectivity index (χ0) is 12.0. The van der Waals surface area contributed by atoms with E-state index >= 15 is 0 Å². The fourth-order valence-corrected chi connectivity index (χ4v) is 3.09. The summed E-state index contributed by atoms with van der Waals surface area (Å²) in [5.41, 5.74) is 1.01. The fourth-order valence-electron chi connectivity index (χ4n) is 3.09. The van der Waals surface area contributed by atoms with Crippen LogP contribution in [0, 0.1) is 11.8 Å². The Morgan fingerprint density at radius 2 is 1.94 bits per heavy atom. The maximum Gasteiger partial charge on any atom is 0.315 e. The minimum atomic E-state index is -0.172. The van der Waals surface area contributed by atoms with Crippen LogP contribution >= 0.6 is 0 Å². The molecule has 3 nitrogen and oxygen atoms in total. The van der Waals surface area contributed by atoms with Gasteiger partial charge in [0.25, 0.3) is 0 Å². The first-order valence-electron chi connectivity index (χ1n) is 5.99. The smallest absolute Gasteiger partial charge is 0.315 e. The van der Waals surface area contributed by atoms with Crippen LogP contribution in [0.5, 0.6) is 5.75 Å². The van der Waals surface area contributed by atoms with Gasteiger partial charge in [0.15, 0.2) is 0 Å². The molecule has 88 valence electrons. The third-order valence-corrected chi connectivity index (χ3v) is 3.84. The number of carbonyl (C=O) groups excluding carboxylic acids is 2. The molecule has 1 aliphatic heterocycles. The van der Waals surface area contributed by atoms with E-state index in [4.69, 9.17) is 4.74 Å². The number of ether oxygens (including phenoxy) is 1. The van der Waals surface area contributed by atoms with Crippen LogP contribution in [0.3, 0.4) is 0 Å². The first-order valence-corrected chi connectivity index (χ1v) is 5.99. The molecule has 0 N–H and O–H groups in total. The molecule has 3 rings (SSSR count). The molecule has 3 heteroatoms. The van der Waals surface area contributed by atoms with Gasteiger partial charge in [-0.15, -0.1) is 0 Å². The van der Waals surface area contributed by atoms with Crippen molar-refractivity contribution < 1.29 is 14.3 Å². The summed E-state index contributed by atoms with van der Waals surface area (Å²) in [6.07, 6.45) is 0.972. The number of fused-ring (bicyclic) bond motifs is 3. The predicted molar refractivity (Wildman–Crippen MR) is 61.7 cm³/mol. The van der Waals surface area contributed by atoms with E-state index in [1.807, 2.05) is 25.1 Å².